The van der Waals surface area contributed by atoms with E-state index in [1.54, 1.807) is 62.6 Å². The number of hydrogen-bond donors (Lipinski definition) is 1. The number of amides is 1. The van der Waals surface area contributed by atoms with Crippen molar-refractivity contribution in [2.24, 2.45) is 0 Å². The molecule has 186 valence electrons. The molecule has 0 saturated carbocycles. The molecule has 9 heteroatoms. The van der Waals surface area contributed by atoms with Crippen LogP contribution >= 0.6 is 0 Å². The second kappa shape index (κ2) is 11.1. The highest BCUT2D eigenvalue weighted by Gasteiger charge is 2.30. The average molecular weight is 499 g/mol. The van der Waals surface area contributed by atoms with Gasteiger partial charge in [0.25, 0.3) is 10.0 Å². The van der Waals surface area contributed by atoms with Gasteiger partial charge in [0.15, 0.2) is 0 Å². The zero-order valence-electron chi connectivity index (χ0n) is 20.4. The summed E-state index contributed by atoms with van der Waals surface area (Å²) in [5, 5.41) is 2.88. The van der Waals surface area contributed by atoms with Gasteiger partial charge in [0, 0.05) is 0 Å². The van der Waals surface area contributed by atoms with Crippen LogP contribution in [0.4, 0.5) is 5.69 Å². The highest BCUT2D eigenvalue weighted by atomic mass is 32.2. The molecule has 1 atom stereocenters. The van der Waals surface area contributed by atoms with Crippen LogP contribution in [-0.4, -0.2) is 42.2 Å². The van der Waals surface area contributed by atoms with E-state index in [1.165, 1.54) is 20.3 Å². The van der Waals surface area contributed by atoms with Gasteiger partial charge in [-0.1, -0.05) is 18.2 Å². The van der Waals surface area contributed by atoms with Gasteiger partial charge >= 0.3 is 0 Å². The summed E-state index contributed by atoms with van der Waals surface area (Å²) in [6, 6.07) is 18.3. The highest BCUT2D eigenvalue weighted by Crippen LogP contribution is 2.31. The second-order valence-corrected chi connectivity index (χ2v) is 9.76. The molecule has 0 bridgehead atoms. The monoisotopic (exact) mass is 498 g/mol. The lowest BCUT2D eigenvalue weighted by atomic mass is 10.1. The lowest BCUT2D eigenvalue weighted by molar-refractivity contribution is -0.120. The Hall–Kier alpha value is -3.72. The number of aryl methyl sites for hydroxylation is 1. The Morgan fingerprint density at radius 1 is 0.886 bits per heavy atom. The molecule has 0 heterocycles. The Balaban J connectivity index is 1.94. The Morgan fingerprint density at radius 2 is 1.46 bits per heavy atom. The molecule has 1 amide bonds. The van der Waals surface area contributed by atoms with Gasteiger partial charge in [0.2, 0.25) is 5.91 Å². The number of nitrogens with zero attached hydrogens (tertiary/aromatic N) is 1. The smallest absolute Gasteiger partial charge is 0.268 e. The fraction of sp³-hybridized carbons (Fsp3) is 0.269. The number of benzene rings is 3. The van der Waals surface area contributed by atoms with Gasteiger partial charge in [-0.3, -0.25) is 9.10 Å². The van der Waals surface area contributed by atoms with Crippen LogP contribution in [-0.2, 0) is 14.8 Å². The Bertz CT molecular complexity index is 1260. The van der Waals surface area contributed by atoms with Gasteiger partial charge in [0.1, 0.15) is 28.7 Å². The molecule has 0 aliphatic rings. The SMILES string of the molecule is COc1ccc([C@@H](C)NC(=O)CN(c2ccc(OC)cc2)S(=O)(=O)c2cc(C)ccc2OC)cc1. The maximum absolute atomic E-state index is 13.8. The zero-order chi connectivity index (χ0) is 25.6. The fourth-order valence-electron chi connectivity index (χ4n) is 3.56. The van der Waals surface area contributed by atoms with Crippen molar-refractivity contribution >= 4 is 21.6 Å². The van der Waals surface area contributed by atoms with Crippen molar-refractivity contribution in [1.29, 1.82) is 0 Å². The van der Waals surface area contributed by atoms with Crippen LogP contribution in [0.25, 0.3) is 0 Å². The van der Waals surface area contributed by atoms with Crippen molar-refractivity contribution in [1.82, 2.24) is 5.32 Å². The third-order valence-corrected chi connectivity index (χ3v) is 7.32. The number of ether oxygens (including phenoxy) is 3. The summed E-state index contributed by atoms with van der Waals surface area (Å²) in [5.74, 6) is 1.01. The van der Waals surface area contributed by atoms with Crippen LogP contribution in [0.3, 0.4) is 0 Å². The van der Waals surface area contributed by atoms with Crippen molar-refractivity contribution in [2.75, 3.05) is 32.2 Å². The highest BCUT2D eigenvalue weighted by molar-refractivity contribution is 7.93. The molecule has 0 aromatic heterocycles. The predicted molar refractivity (Wildman–Crippen MR) is 135 cm³/mol. The van der Waals surface area contributed by atoms with Gasteiger partial charge in [-0.15, -0.1) is 0 Å². The number of carbonyl (C=O) groups excluding carboxylic acids is 1. The Labute approximate surface area is 206 Å². The lowest BCUT2D eigenvalue weighted by Gasteiger charge is -2.26. The van der Waals surface area contributed by atoms with E-state index >= 15 is 0 Å². The van der Waals surface area contributed by atoms with Gasteiger partial charge in [-0.25, -0.2) is 8.42 Å². The summed E-state index contributed by atoms with van der Waals surface area (Å²) < 4.78 is 44.4. The molecule has 35 heavy (non-hydrogen) atoms. The molecule has 3 aromatic rings. The van der Waals surface area contributed by atoms with Gasteiger partial charge in [-0.05, 0) is 73.5 Å². The Kier molecular flexibility index (Phi) is 8.24. The number of hydrogen-bond acceptors (Lipinski definition) is 6. The van der Waals surface area contributed by atoms with E-state index in [0.717, 1.165) is 15.4 Å². The van der Waals surface area contributed by atoms with E-state index in [1.807, 2.05) is 19.1 Å². The molecule has 0 aliphatic carbocycles. The van der Waals surface area contributed by atoms with E-state index < -0.39 is 22.5 Å². The first-order valence-corrected chi connectivity index (χ1v) is 12.4. The first kappa shape index (κ1) is 25.9. The first-order valence-electron chi connectivity index (χ1n) is 10.9. The lowest BCUT2D eigenvalue weighted by Crippen LogP contribution is -2.41. The maximum atomic E-state index is 13.8. The van der Waals surface area contributed by atoms with Crippen LogP contribution in [0, 0.1) is 6.92 Å². The summed E-state index contributed by atoms with van der Waals surface area (Å²) in [5.41, 5.74) is 1.93. The maximum Gasteiger partial charge on any atom is 0.268 e. The summed E-state index contributed by atoms with van der Waals surface area (Å²) in [4.78, 5) is 13.0. The molecule has 0 saturated heterocycles. The normalized spacial score (nSPS) is 11.9. The molecule has 8 nitrogen and oxygen atoms in total. The fourth-order valence-corrected chi connectivity index (χ4v) is 5.23. The molecular weight excluding hydrogens is 468 g/mol. The second-order valence-electron chi connectivity index (χ2n) is 7.93. The molecule has 0 radical (unpaired) electrons. The van der Waals surface area contributed by atoms with Crippen molar-refractivity contribution in [3.63, 3.8) is 0 Å². The summed E-state index contributed by atoms with van der Waals surface area (Å²) in [6.07, 6.45) is 0. The third kappa shape index (κ3) is 6.05. The number of anilines is 1. The first-order chi connectivity index (χ1) is 16.7. The third-order valence-electron chi connectivity index (χ3n) is 5.53. The van der Waals surface area contributed by atoms with Crippen LogP contribution in [0.2, 0.25) is 0 Å². The number of rotatable bonds is 10. The molecule has 1 N–H and O–H groups in total. The molecule has 3 rings (SSSR count). The number of methoxy groups -OCH3 is 3. The molecule has 0 aliphatic heterocycles. The number of nitrogens with one attached hydrogen (secondary N) is 1. The summed E-state index contributed by atoms with van der Waals surface area (Å²) in [6.45, 7) is 3.20. The largest absolute Gasteiger partial charge is 0.497 e. The number of carbonyl (C=O) groups is 1. The van der Waals surface area contributed by atoms with Crippen molar-refractivity contribution < 1.29 is 27.4 Å². The van der Waals surface area contributed by atoms with Crippen LogP contribution in [0.15, 0.2) is 71.6 Å². The van der Waals surface area contributed by atoms with E-state index in [-0.39, 0.29) is 16.7 Å². The minimum absolute atomic E-state index is 0.0215. The number of sulfonamides is 1. The van der Waals surface area contributed by atoms with Gasteiger partial charge in [-0.2, -0.15) is 0 Å². The van der Waals surface area contributed by atoms with Crippen molar-refractivity contribution in [3.8, 4) is 17.2 Å². The van der Waals surface area contributed by atoms with E-state index in [9.17, 15) is 13.2 Å². The predicted octanol–water partition coefficient (Wildman–Crippen LogP) is 4.09. The van der Waals surface area contributed by atoms with E-state index in [0.29, 0.717) is 17.2 Å². The quantitative estimate of drug-likeness (QED) is 0.452. The van der Waals surface area contributed by atoms with Crippen LogP contribution < -0.4 is 23.8 Å². The van der Waals surface area contributed by atoms with Crippen molar-refractivity contribution in [2.45, 2.75) is 24.8 Å². The summed E-state index contributed by atoms with van der Waals surface area (Å²) >= 11 is 0. The summed E-state index contributed by atoms with van der Waals surface area (Å²) in [7, 11) is 0.358. The topological polar surface area (TPSA) is 94.2 Å². The standard InChI is InChI=1S/C26H30N2O6S/c1-18-6-15-24(34-5)25(16-18)35(30,31)28(21-9-13-23(33-4)14-10-21)17-26(29)27-19(2)20-7-11-22(32-3)12-8-20/h6-16,19H,17H2,1-5H3,(H,27,29)/t19-/m1/s1. The molecule has 0 unspecified atom stereocenters. The van der Waals surface area contributed by atoms with Crippen LogP contribution in [0.5, 0.6) is 17.2 Å². The average Bonchev–Trinajstić information content (AvgIpc) is 2.87. The molecule has 0 fully saturated rings. The zero-order valence-corrected chi connectivity index (χ0v) is 21.3. The minimum Gasteiger partial charge on any atom is -0.497 e. The minimum atomic E-state index is -4.15. The Morgan fingerprint density at radius 3 is 2.00 bits per heavy atom. The molecule has 0 spiro atoms. The van der Waals surface area contributed by atoms with E-state index in [2.05, 4.69) is 5.32 Å². The molecule has 3 aromatic carbocycles. The van der Waals surface area contributed by atoms with E-state index in [4.69, 9.17) is 14.2 Å². The van der Waals surface area contributed by atoms with Crippen LogP contribution in [0.1, 0.15) is 24.1 Å². The van der Waals surface area contributed by atoms with Crippen molar-refractivity contribution in [3.05, 3.63) is 77.9 Å². The molecular formula is C26H30N2O6S. The van der Waals surface area contributed by atoms with Gasteiger partial charge < -0.3 is 19.5 Å². The van der Waals surface area contributed by atoms with Gasteiger partial charge in [0.05, 0.1) is 33.1 Å².